The summed E-state index contributed by atoms with van der Waals surface area (Å²) in [4.78, 5) is 4.55. The first-order valence-electron chi connectivity index (χ1n) is 7.97. The second-order valence-electron chi connectivity index (χ2n) is 6.16. The van der Waals surface area contributed by atoms with Gasteiger partial charge in [-0.15, -0.1) is 0 Å². The van der Waals surface area contributed by atoms with Crippen LogP contribution < -0.4 is 11.1 Å². The number of hydrogen-bond donors (Lipinski definition) is 2. The van der Waals surface area contributed by atoms with Gasteiger partial charge in [0.15, 0.2) is 5.96 Å². The molecule has 1 saturated carbocycles. The van der Waals surface area contributed by atoms with Crippen molar-refractivity contribution in [3.8, 4) is 0 Å². The molecule has 3 N–H and O–H groups in total. The Hall–Kier alpha value is -1.51. The van der Waals surface area contributed by atoms with E-state index in [0.29, 0.717) is 17.9 Å². The zero-order valence-electron chi connectivity index (χ0n) is 12.1. The van der Waals surface area contributed by atoms with Gasteiger partial charge in [0.05, 0.1) is 0 Å². The molecule has 3 heteroatoms. The number of hydrogen-bond acceptors (Lipinski definition) is 1. The van der Waals surface area contributed by atoms with Gasteiger partial charge in [0, 0.05) is 18.5 Å². The number of aliphatic imine (C=N–C) groups is 1. The topological polar surface area (TPSA) is 50.4 Å². The molecule has 1 atom stereocenters. The summed E-state index contributed by atoms with van der Waals surface area (Å²) in [5, 5.41) is 3.41. The van der Waals surface area contributed by atoms with Crippen LogP contribution in [0.3, 0.4) is 0 Å². The molecule has 2 aliphatic rings. The molecule has 0 aliphatic heterocycles. The lowest BCUT2D eigenvalue weighted by Gasteiger charge is -2.28. The first-order valence-corrected chi connectivity index (χ1v) is 7.97. The van der Waals surface area contributed by atoms with Crippen molar-refractivity contribution >= 4 is 5.96 Å². The minimum Gasteiger partial charge on any atom is -0.370 e. The SMILES string of the molecule is NC(=NCC1Cc2ccccc21)NC1CCCCCC1. The quantitative estimate of drug-likeness (QED) is 0.504. The van der Waals surface area contributed by atoms with Crippen molar-refractivity contribution in [1.29, 1.82) is 0 Å². The average Bonchev–Trinajstić information content (AvgIpc) is 2.68. The van der Waals surface area contributed by atoms with Crippen LogP contribution in [0.5, 0.6) is 0 Å². The van der Waals surface area contributed by atoms with Crippen molar-refractivity contribution in [1.82, 2.24) is 5.32 Å². The Kier molecular flexibility index (Phi) is 4.24. The number of benzene rings is 1. The van der Waals surface area contributed by atoms with Crippen molar-refractivity contribution < 1.29 is 0 Å². The number of nitrogens with one attached hydrogen (secondary N) is 1. The van der Waals surface area contributed by atoms with E-state index in [2.05, 4.69) is 34.6 Å². The van der Waals surface area contributed by atoms with Gasteiger partial charge in [-0.05, 0) is 30.4 Å². The molecule has 20 heavy (non-hydrogen) atoms. The Balaban J connectivity index is 1.49. The van der Waals surface area contributed by atoms with Gasteiger partial charge in [0.2, 0.25) is 0 Å². The zero-order chi connectivity index (χ0) is 13.8. The first kappa shape index (κ1) is 13.5. The number of fused-ring (bicyclic) bond motifs is 1. The summed E-state index contributed by atoms with van der Waals surface area (Å²) >= 11 is 0. The molecule has 1 aromatic rings. The number of nitrogens with two attached hydrogens (primary N) is 1. The van der Waals surface area contributed by atoms with Crippen LogP contribution >= 0.6 is 0 Å². The molecule has 1 fully saturated rings. The standard InChI is InChI=1S/C17H25N3/c18-17(20-15-8-3-1-2-4-9-15)19-12-14-11-13-7-5-6-10-16(13)14/h5-7,10,14-15H,1-4,8-9,11-12H2,(H3,18,19,20). The van der Waals surface area contributed by atoms with E-state index < -0.39 is 0 Å². The molecule has 108 valence electrons. The third-order valence-corrected chi connectivity index (χ3v) is 4.65. The third kappa shape index (κ3) is 3.14. The van der Waals surface area contributed by atoms with E-state index >= 15 is 0 Å². The summed E-state index contributed by atoms with van der Waals surface area (Å²) in [5.41, 5.74) is 8.97. The van der Waals surface area contributed by atoms with Gasteiger partial charge in [-0.3, -0.25) is 4.99 Å². The second-order valence-corrected chi connectivity index (χ2v) is 6.16. The molecule has 1 unspecified atom stereocenters. The van der Waals surface area contributed by atoms with E-state index in [-0.39, 0.29) is 0 Å². The van der Waals surface area contributed by atoms with Crippen LogP contribution in [0.2, 0.25) is 0 Å². The molecule has 0 spiro atoms. The van der Waals surface area contributed by atoms with E-state index in [0.717, 1.165) is 13.0 Å². The van der Waals surface area contributed by atoms with Crippen LogP contribution in [0.25, 0.3) is 0 Å². The summed E-state index contributed by atoms with van der Waals surface area (Å²) < 4.78 is 0. The van der Waals surface area contributed by atoms with Crippen LogP contribution in [-0.2, 0) is 6.42 Å². The lowest BCUT2D eigenvalue weighted by molar-refractivity contribution is 0.528. The van der Waals surface area contributed by atoms with Crippen LogP contribution in [0.1, 0.15) is 55.6 Å². The van der Waals surface area contributed by atoms with E-state index in [4.69, 9.17) is 5.73 Å². The predicted octanol–water partition coefficient (Wildman–Crippen LogP) is 2.95. The lowest BCUT2D eigenvalue weighted by Crippen LogP contribution is -2.40. The molecule has 0 heterocycles. The van der Waals surface area contributed by atoms with Crippen molar-refractivity contribution in [2.75, 3.05) is 6.54 Å². The maximum atomic E-state index is 6.04. The Morgan fingerprint density at radius 2 is 1.90 bits per heavy atom. The second kappa shape index (κ2) is 6.29. The molecule has 3 rings (SSSR count). The van der Waals surface area contributed by atoms with E-state index in [1.165, 1.54) is 49.7 Å². The summed E-state index contributed by atoms with van der Waals surface area (Å²) in [6.45, 7) is 0.822. The molecular formula is C17H25N3. The normalized spacial score (nSPS) is 23.6. The lowest BCUT2D eigenvalue weighted by atomic mass is 9.78. The zero-order valence-corrected chi connectivity index (χ0v) is 12.1. The highest BCUT2D eigenvalue weighted by Gasteiger charge is 2.24. The van der Waals surface area contributed by atoms with Gasteiger partial charge in [-0.2, -0.15) is 0 Å². The fourth-order valence-corrected chi connectivity index (χ4v) is 3.41. The number of rotatable bonds is 3. The summed E-state index contributed by atoms with van der Waals surface area (Å²) in [5.74, 6) is 1.21. The van der Waals surface area contributed by atoms with Gasteiger partial charge >= 0.3 is 0 Å². The molecule has 0 amide bonds. The summed E-state index contributed by atoms with van der Waals surface area (Å²) in [6, 6.07) is 9.19. The molecular weight excluding hydrogens is 246 g/mol. The van der Waals surface area contributed by atoms with Gasteiger partial charge in [0.25, 0.3) is 0 Å². The monoisotopic (exact) mass is 271 g/mol. The molecule has 2 aliphatic carbocycles. The molecule has 0 aromatic heterocycles. The highest BCUT2D eigenvalue weighted by atomic mass is 15.1. The van der Waals surface area contributed by atoms with Crippen molar-refractivity contribution in [2.24, 2.45) is 10.7 Å². The minimum absolute atomic E-state index is 0.537. The molecule has 1 aromatic carbocycles. The maximum absolute atomic E-state index is 6.04. The Morgan fingerprint density at radius 3 is 2.65 bits per heavy atom. The Morgan fingerprint density at radius 1 is 1.15 bits per heavy atom. The van der Waals surface area contributed by atoms with Gasteiger partial charge in [-0.25, -0.2) is 0 Å². The van der Waals surface area contributed by atoms with Crippen LogP contribution in [0.4, 0.5) is 0 Å². The van der Waals surface area contributed by atoms with Crippen molar-refractivity contribution in [3.63, 3.8) is 0 Å². The van der Waals surface area contributed by atoms with Crippen molar-refractivity contribution in [3.05, 3.63) is 35.4 Å². The largest absolute Gasteiger partial charge is 0.370 e. The fourth-order valence-electron chi connectivity index (χ4n) is 3.41. The van der Waals surface area contributed by atoms with E-state index in [1.54, 1.807) is 0 Å². The highest BCUT2D eigenvalue weighted by molar-refractivity contribution is 5.78. The van der Waals surface area contributed by atoms with Crippen LogP contribution in [0.15, 0.2) is 29.3 Å². The van der Waals surface area contributed by atoms with Gasteiger partial charge < -0.3 is 11.1 Å². The van der Waals surface area contributed by atoms with Crippen molar-refractivity contribution in [2.45, 2.75) is 56.9 Å². The van der Waals surface area contributed by atoms with Crippen LogP contribution in [-0.4, -0.2) is 18.5 Å². The van der Waals surface area contributed by atoms with Crippen LogP contribution in [0, 0.1) is 0 Å². The summed E-state index contributed by atoms with van der Waals surface area (Å²) in [6.07, 6.45) is 9.01. The van der Waals surface area contributed by atoms with E-state index in [1.807, 2.05) is 0 Å². The highest BCUT2D eigenvalue weighted by Crippen LogP contribution is 2.34. The van der Waals surface area contributed by atoms with E-state index in [9.17, 15) is 0 Å². The first-order chi connectivity index (χ1) is 9.83. The summed E-state index contributed by atoms with van der Waals surface area (Å²) in [7, 11) is 0. The Bertz CT molecular complexity index is 473. The predicted molar refractivity (Wildman–Crippen MR) is 84.0 cm³/mol. The minimum atomic E-state index is 0.537. The number of nitrogens with zero attached hydrogens (tertiary/aromatic N) is 1. The maximum Gasteiger partial charge on any atom is 0.188 e. The third-order valence-electron chi connectivity index (χ3n) is 4.65. The van der Waals surface area contributed by atoms with Gasteiger partial charge in [-0.1, -0.05) is 49.9 Å². The Labute approximate surface area is 121 Å². The smallest absolute Gasteiger partial charge is 0.188 e. The fraction of sp³-hybridized carbons (Fsp3) is 0.588. The molecule has 0 saturated heterocycles. The van der Waals surface area contributed by atoms with Gasteiger partial charge in [0.1, 0.15) is 0 Å². The number of guanidine groups is 1. The molecule has 0 bridgehead atoms. The molecule has 0 radical (unpaired) electrons. The molecule has 3 nitrogen and oxygen atoms in total. The average molecular weight is 271 g/mol.